The van der Waals surface area contributed by atoms with Crippen LogP contribution in [0.3, 0.4) is 0 Å². The van der Waals surface area contributed by atoms with Crippen LogP contribution in [0.4, 0.5) is 34.1 Å². The van der Waals surface area contributed by atoms with Crippen molar-refractivity contribution in [2.45, 2.75) is 5.41 Å². The number of imidazole rings is 2. The van der Waals surface area contributed by atoms with Gasteiger partial charge < -0.3 is 9.80 Å². The number of nitrogens with zero attached hydrogens (tertiary/aromatic N) is 6. The number of hydrogen-bond donors (Lipinski definition) is 0. The summed E-state index contributed by atoms with van der Waals surface area (Å²) in [6, 6.07) is 110. The molecule has 0 radical (unpaired) electrons. The van der Waals surface area contributed by atoms with Gasteiger partial charge in [0.15, 0.2) is 0 Å². The van der Waals surface area contributed by atoms with E-state index in [4.69, 9.17) is 9.97 Å². The van der Waals surface area contributed by atoms with Crippen LogP contribution in [0.15, 0.2) is 303 Å². The van der Waals surface area contributed by atoms with Crippen molar-refractivity contribution in [3.63, 3.8) is 0 Å². The Morgan fingerprint density at radius 1 is 0.259 bits per heavy atom. The molecule has 14 aromatic rings. The first-order valence-electron chi connectivity index (χ1n) is 27.6. The van der Waals surface area contributed by atoms with Crippen molar-refractivity contribution >= 4 is 56.2 Å². The molecule has 1 spiro atoms. The Morgan fingerprint density at radius 2 is 0.556 bits per heavy atom. The molecule has 0 aliphatic heterocycles. The van der Waals surface area contributed by atoms with Crippen LogP contribution >= 0.6 is 0 Å². The number of para-hydroxylation sites is 10. The zero-order valence-electron chi connectivity index (χ0n) is 44.1. The third-order valence-electron chi connectivity index (χ3n) is 16.5. The van der Waals surface area contributed by atoms with Crippen molar-refractivity contribution < 1.29 is 0 Å². The topological polar surface area (TPSA) is 42.1 Å². The number of benzene rings is 12. The van der Waals surface area contributed by atoms with Gasteiger partial charge in [0.1, 0.15) is 11.6 Å². The Balaban J connectivity index is 1.03. The van der Waals surface area contributed by atoms with Crippen molar-refractivity contribution in [1.82, 2.24) is 19.1 Å². The van der Waals surface area contributed by atoms with Crippen molar-refractivity contribution in [2.24, 2.45) is 0 Å². The fourth-order valence-corrected chi connectivity index (χ4v) is 13.1. The number of anilines is 6. The first kappa shape index (κ1) is 46.3. The molecule has 0 bridgehead atoms. The minimum atomic E-state index is -0.862. The molecule has 0 unspecified atom stereocenters. The molecule has 0 fully saturated rings. The Bertz CT molecular complexity index is 4310. The summed E-state index contributed by atoms with van der Waals surface area (Å²) in [5.74, 6) is 1.77. The fraction of sp³-hybridized carbons (Fsp3) is 0.0133. The van der Waals surface area contributed by atoms with E-state index in [-0.39, 0.29) is 0 Å². The van der Waals surface area contributed by atoms with Gasteiger partial charge in [0.2, 0.25) is 0 Å². The van der Waals surface area contributed by atoms with Crippen LogP contribution in [0, 0.1) is 0 Å². The van der Waals surface area contributed by atoms with Gasteiger partial charge in [-0.15, -0.1) is 0 Å². The highest BCUT2D eigenvalue weighted by Crippen LogP contribution is 2.65. The molecule has 16 rings (SSSR count). The summed E-state index contributed by atoms with van der Waals surface area (Å²) in [5, 5.41) is 0. The highest BCUT2D eigenvalue weighted by Gasteiger charge is 2.53. The molecule has 0 N–H and O–H groups in total. The van der Waals surface area contributed by atoms with Crippen molar-refractivity contribution in [1.29, 1.82) is 0 Å². The van der Waals surface area contributed by atoms with Gasteiger partial charge in [-0.05, 0) is 178 Å². The lowest BCUT2D eigenvalue weighted by Crippen LogP contribution is -2.27. The molecule has 0 saturated carbocycles. The molecule has 6 heteroatoms. The molecule has 6 nitrogen and oxygen atoms in total. The Hall–Kier alpha value is -10.8. The predicted molar refractivity (Wildman–Crippen MR) is 332 cm³/mol. The number of aromatic nitrogens is 4. The maximum Gasteiger partial charge on any atom is 0.145 e. The first-order valence-corrected chi connectivity index (χ1v) is 27.6. The molecule has 380 valence electrons. The normalized spacial score (nSPS) is 12.5. The quantitative estimate of drug-likeness (QED) is 0.137. The lowest BCUT2D eigenvalue weighted by Gasteiger charge is -2.33. The van der Waals surface area contributed by atoms with Gasteiger partial charge in [-0.2, -0.15) is 0 Å². The van der Waals surface area contributed by atoms with Crippen LogP contribution in [-0.2, 0) is 5.41 Å². The summed E-state index contributed by atoms with van der Waals surface area (Å²) in [6.45, 7) is 0. The molecule has 2 aliphatic carbocycles. The van der Waals surface area contributed by atoms with E-state index in [0.717, 1.165) is 90.3 Å². The lowest BCUT2D eigenvalue weighted by molar-refractivity contribution is 0.793. The average molecular weight is 1040 g/mol. The molecule has 0 saturated heterocycles. The lowest BCUT2D eigenvalue weighted by atomic mass is 9.70. The van der Waals surface area contributed by atoms with Gasteiger partial charge in [-0.1, -0.05) is 170 Å². The van der Waals surface area contributed by atoms with Crippen LogP contribution in [-0.4, -0.2) is 19.1 Å². The number of fused-ring (bicyclic) bond motifs is 12. The van der Waals surface area contributed by atoms with Gasteiger partial charge in [0, 0.05) is 56.6 Å². The van der Waals surface area contributed by atoms with Gasteiger partial charge in [0.25, 0.3) is 0 Å². The summed E-state index contributed by atoms with van der Waals surface area (Å²) >= 11 is 0. The summed E-state index contributed by atoms with van der Waals surface area (Å²) in [7, 11) is 0. The molecule has 2 aromatic heterocycles. The van der Waals surface area contributed by atoms with Crippen LogP contribution in [0.1, 0.15) is 22.3 Å². The fourth-order valence-electron chi connectivity index (χ4n) is 13.1. The molecular formula is C75H50N6. The zero-order chi connectivity index (χ0) is 53.4. The summed E-state index contributed by atoms with van der Waals surface area (Å²) in [4.78, 5) is 15.8. The third-order valence-corrected chi connectivity index (χ3v) is 16.5. The molecule has 0 atom stereocenters. The average Bonchev–Trinajstić information content (AvgIpc) is 2.65. The predicted octanol–water partition coefficient (Wildman–Crippen LogP) is 19.0. The molecule has 12 aromatic carbocycles. The second-order valence-corrected chi connectivity index (χ2v) is 20.9. The summed E-state index contributed by atoms with van der Waals surface area (Å²) in [6.07, 6.45) is 0. The van der Waals surface area contributed by atoms with Crippen LogP contribution in [0.5, 0.6) is 0 Å². The van der Waals surface area contributed by atoms with Gasteiger partial charge in [-0.3, -0.25) is 9.13 Å². The molecule has 0 amide bonds. The van der Waals surface area contributed by atoms with E-state index in [1.165, 1.54) is 44.5 Å². The molecule has 2 heterocycles. The minimum absolute atomic E-state index is 0.862. The molecular weight excluding hydrogens is 985 g/mol. The van der Waals surface area contributed by atoms with Crippen molar-refractivity contribution in [3.05, 3.63) is 326 Å². The Morgan fingerprint density at radius 3 is 0.914 bits per heavy atom. The Kier molecular flexibility index (Phi) is 10.7. The highest BCUT2D eigenvalue weighted by atomic mass is 15.2. The largest absolute Gasteiger partial charge is 0.310 e. The van der Waals surface area contributed by atoms with Crippen molar-refractivity contribution in [2.75, 3.05) is 9.80 Å². The van der Waals surface area contributed by atoms with Gasteiger partial charge >= 0.3 is 0 Å². The van der Waals surface area contributed by atoms with Gasteiger partial charge in [0.05, 0.1) is 27.5 Å². The SMILES string of the molecule is c1ccc(N(c2ccccc2)c2ccc3c(c2)C2(c4cc(-c5nc6ccccc6n5-c5ccccc5)ccc4-3)c3cc(-c4nc5ccccc5n4-c4ccccc4)ccc3-c3ccc(N(c4ccccc4)c4ccccc4)cc32)cc1. The smallest absolute Gasteiger partial charge is 0.145 e. The maximum atomic E-state index is 5.50. The Labute approximate surface area is 470 Å². The number of hydrogen-bond acceptors (Lipinski definition) is 4. The molecule has 81 heavy (non-hydrogen) atoms. The zero-order valence-corrected chi connectivity index (χ0v) is 44.1. The summed E-state index contributed by atoms with van der Waals surface area (Å²) in [5.41, 5.74) is 23.3. The van der Waals surface area contributed by atoms with E-state index in [0.29, 0.717) is 0 Å². The van der Waals surface area contributed by atoms with E-state index in [1.54, 1.807) is 0 Å². The van der Waals surface area contributed by atoms with E-state index < -0.39 is 5.41 Å². The van der Waals surface area contributed by atoms with Crippen LogP contribution in [0.25, 0.3) is 78.5 Å². The van der Waals surface area contributed by atoms with E-state index in [2.05, 4.69) is 322 Å². The van der Waals surface area contributed by atoms with E-state index in [1.807, 2.05) is 0 Å². The standard InChI is InChI=1S/C75H50N6/c1-7-23-53(24-8-1)78(54-25-9-2-10-26-54)59-41-45-63-61-43-39-51(73-76-69-35-19-21-37-71(69)80(73)57-31-15-5-16-32-57)47-65(61)75(67(63)49-59)66-48-52(74-77-70-36-20-22-38-72(70)81(74)58-33-17-6-18-34-58)40-44-62(66)64-46-42-60(50-68(64)75)79(55-27-11-3-12-28-55)56-29-13-4-14-30-56/h1-50H. The first-order chi connectivity index (χ1) is 40.2. The number of rotatable bonds is 10. The van der Waals surface area contributed by atoms with E-state index in [9.17, 15) is 0 Å². The summed E-state index contributed by atoms with van der Waals surface area (Å²) < 4.78 is 4.64. The van der Waals surface area contributed by atoms with Gasteiger partial charge in [-0.25, -0.2) is 9.97 Å². The monoisotopic (exact) mass is 1030 g/mol. The second-order valence-electron chi connectivity index (χ2n) is 20.9. The highest BCUT2D eigenvalue weighted by molar-refractivity contribution is 6.00. The van der Waals surface area contributed by atoms with E-state index >= 15 is 0 Å². The minimum Gasteiger partial charge on any atom is -0.310 e. The maximum absolute atomic E-state index is 5.50. The van der Waals surface area contributed by atoms with Crippen LogP contribution < -0.4 is 9.80 Å². The van der Waals surface area contributed by atoms with Crippen LogP contribution in [0.2, 0.25) is 0 Å². The molecule has 2 aliphatic rings. The third kappa shape index (κ3) is 7.27. The van der Waals surface area contributed by atoms with Crippen molar-refractivity contribution in [3.8, 4) is 56.4 Å². The second kappa shape index (κ2) is 18.7.